The maximum atomic E-state index is 13.5. The van der Waals surface area contributed by atoms with Gasteiger partial charge in [0.25, 0.3) is 0 Å². The maximum absolute atomic E-state index is 13.5. The Hall–Kier alpha value is -2.04. The van der Waals surface area contributed by atoms with Crippen LogP contribution in [0.15, 0.2) is 53.4 Å². The molecule has 0 spiro atoms. The molecule has 0 N–H and O–H groups in total. The van der Waals surface area contributed by atoms with Crippen LogP contribution in [0.25, 0.3) is 0 Å². The van der Waals surface area contributed by atoms with Crippen LogP contribution in [0.1, 0.15) is 51.0 Å². The lowest BCUT2D eigenvalue weighted by Gasteiger charge is -2.26. The first kappa shape index (κ1) is 26.6. The first-order chi connectivity index (χ1) is 16.5. The minimum Gasteiger partial charge on any atom is -0.493 e. The van der Waals surface area contributed by atoms with Crippen molar-refractivity contribution < 1.29 is 13.2 Å². The number of rotatable bonds is 12. The first-order valence-corrected chi connectivity index (χ1v) is 13.9. The summed E-state index contributed by atoms with van der Waals surface area (Å²) in [6.07, 6.45) is 6.17. The van der Waals surface area contributed by atoms with Crippen molar-refractivity contribution in [2.75, 3.05) is 32.8 Å². The van der Waals surface area contributed by atoms with Crippen LogP contribution >= 0.6 is 11.6 Å². The van der Waals surface area contributed by atoms with Crippen LogP contribution in [-0.4, -0.2) is 50.4 Å². The third-order valence-corrected chi connectivity index (χ3v) is 8.09. The number of unbranched alkanes of at least 4 members (excludes halogenated alkanes) is 1. The van der Waals surface area contributed by atoms with Crippen LogP contribution in [0.4, 0.5) is 0 Å². The number of hydrogen-bond acceptors (Lipinski definition) is 4. The van der Waals surface area contributed by atoms with Crippen LogP contribution in [0.5, 0.6) is 5.75 Å². The maximum Gasteiger partial charge on any atom is 0.243 e. The van der Waals surface area contributed by atoms with Gasteiger partial charge in [-0.25, -0.2) is 8.42 Å². The molecule has 1 fully saturated rings. The van der Waals surface area contributed by atoms with Crippen molar-refractivity contribution in [2.24, 2.45) is 0 Å². The van der Waals surface area contributed by atoms with Crippen molar-refractivity contribution in [3.63, 3.8) is 0 Å². The second-order valence-corrected chi connectivity index (χ2v) is 10.9. The molecular weight excluding hydrogens is 468 g/mol. The number of benzene rings is 2. The quantitative estimate of drug-likeness (QED) is 0.280. The molecule has 0 unspecified atom stereocenters. The SMILES string of the molecule is CC#CCCCN(Cc1ccccc1OCCCN1CCCCC1)S(=O)(=O)c1ccc(Cl)cc1. The Morgan fingerprint density at radius 1 is 1.03 bits per heavy atom. The van der Waals surface area contributed by atoms with Gasteiger partial charge in [0, 0.05) is 36.6 Å². The Labute approximate surface area is 210 Å². The summed E-state index contributed by atoms with van der Waals surface area (Å²) in [5.74, 6) is 6.64. The van der Waals surface area contributed by atoms with Crippen molar-refractivity contribution in [3.05, 3.63) is 59.1 Å². The van der Waals surface area contributed by atoms with E-state index < -0.39 is 10.0 Å². The van der Waals surface area contributed by atoms with Gasteiger partial charge in [-0.2, -0.15) is 4.31 Å². The van der Waals surface area contributed by atoms with E-state index in [-0.39, 0.29) is 11.4 Å². The highest BCUT2D eigenvalue weighted by atomic mass is 35.5. The van der Waals surface area contributed by atoms with Crippen LogP contribution in [-0.2, 0) is 16.6 Å². The molecule has 3 rings (SSSR count). The molecule has 0 aromatic heterocycles. The normalized spacial score (nSPS) is 14.6. The molecule has 0 aliphatic carbocycles. The lowest BCUT2D eigenvalue weighted by Crippen LogP contribution is -2.32. The molecule has 2 aromatic carbocycles. The summed E-state index contributed by atoms with van der Waals surface area (Å²) in [7, 11) is -3.70. The zero-order valence-corrected chi connectivity index (χ0v) is 21.6. The van der Waals surface area contributed by atoms with E-state index in [9.17, 15) is 8.42 Å². The van der Waals surface area contributed by atoms with Crippen LogP contribution in [0, 0.1) is 11.8 Å². The highest BCUT2D eigenvalue weighted by molar-refractivity contribution is 7.89. The average molecular weight is 503 g/mol. The van der Waals surface area contributed by atoms with E-state index in [1.165, 1.54) is 36.7 Å². The van der Waals surface area contributed by atoms with E-state index in [1.54, 1.807) is 31.2 Å². The number of nitrogens with zero attached hydrogens (tertiary/aromatic N) is 2. The molecule has 184 valence electrons. The fourth-order valence-electron chi connectivity index (χ4n) is 4.13. The third-order valence-electron chi connectivity index (χ3n) is 5.98. The number of ether oxygens (including phenoxy) is 1. The molecule has 1 heterocycles. The molecule has 7 heteroatoms. The number of halogens is 1. The lowest BCUT2D eigenvalue weighted by molar-refractivity contribution is 0.204. The summed E-state index contributed by atoms with van der Waals surface area (Å²) in [6, 6.07) is 14.0. The second-order valence-electron chi connectivity index (χ2n) is 8.53. The van der Waals surface area contributed by atoms with Gasteiger partial charge in [0.2, 0.25) is 10.0 Å². The molecule has 5 nitrogen and oxygen atoms in total. The summed E-state index contributed by atoms with van der Waals surface area (Å²) in [5, 5.41) is 0.506. The molecule has 0 amide bonds. The highest BCUT2D eigenvalue weighted by Crippen LogP contribution is 2.25. The predicted molar refractivity (Wildman–Crippen MR) is 139 cm³/mol. The third kappa shape index (κ3) is 8.02. The van der Waals surface area contributed by atoms with Crippen LogP contribution in [0.3, 0.4) is 0 Å². The Kier molecular flexibility index (Phi) is 10.7. The Bertz CT molecular complexity index is 1060. The highest BCUT2D eigenvalue weighted by Gasteiger charge is 2.25. The molecule has 2 aromatic rings. The number of para-hydroxylation sites is 1. The molecule has 0 radical (unpaired) electrons. The summed E-state index contributed by atoms with van der Waals surface area (Å²) in [4.78, 5) is 2.73. The van der Waals surface area contributed by atoms with Crippen LogP contribution < -0.4 is 4.74 Å². The number of piperidine rings is 1. The molecule has 0 saturated carbocycles. The molecule has 1 aliphatic rings. The van der Waals surface area contributed by atoms with Crippen molar-refractivity contribution in [1.82, 2.24) is 9.21 Å². The van der Waals surface area contributed by atoms with Gasteiger partial charge in [-0.1, -0.05) is 36.2 Å². The summed E-state index contributed by atoms with van der Waals surface area (Å²) >= 11 is 5.98. The van der Waals surface area contributed by atoms with E-state index >= 15 is 0 Å². The van der Waals surface area contributed by atoms with E-state index in [1.807, 2.05) is 24.3 Å². The average Bonchev–Trinajstić information content (AvgIpc) is 2.85. The Balaban J connectivity index is 1.69. The topological polar surface area (TPSA) is 49.9 Å². The van der Waals surface area contributed by atoms with Gasteiger partial charge in [0.05, 0.1) is 11.5 Å². The Morgan fingerprint density at radius 2 is 1.76 bits per heavy atom. The van der Waals surface area contributed by atoms with Gasteiger partial charge < -0.3 is 9.64 Å². The smallest absolute Gasteiger partial charge is 0.243 e. The fourth-order valence-corrected chi connectivity index (χ4v) is 5.71. The fraction of sp³-hybridized carbons (Fsp3) is 0.481. The van der Waals surface area contributed by atoms with Gasteiger partial charge in [0.1, 0.15) is 5.75 Å². The van der Waals surface area contributed by atoms with E-state index in [4.69, 9.17) is 16.3 Å². The van der Waals surface area contributed by atoms with Gasteiger partial charge in [0.15, 0.2) is 0 Å². The minimum atomic E-state index is -3.70. The summed E-state index contributed by atoms with van der Waals surface area (Å²) in [5.41, 5.74) is 0.861. The van der Waals surface area contributed by atoms with E-state index in [0.29, 0.717) is 31.0 Å². The minimum absolute atomic E-state index is 0.235. The van der Waals surface area contributed by atoms with Crippen molar-refractivity contribution in [1.29, 1.82) is 0 Å². The molecule has 34 heavy (non-hydrogen) atoms. The number of sulfonamides is 1. The molecule has 0 bridgehead atoms. The first-order valence-electron chi connectivity index (χ1n) is 12.1. The van der Waals surface area contributed by atoms with Crippen molar-refractivity contribution in [2.45, 2.75) is 56.9 Å². The van der Waals surface area contributed by atoms with Gasteiger partial charge in [-0.05, 0) is 76.0 Å². The largest absolute Gasteiger partial charge is 0.493 e. The van der Waals surface area contributed by atoms with Gasteiger partial charge >= 0.3 is 0 Å². The zero-order chi connectivity index (χ0) is 24.2. The van der Waals surface area contributed by atoms with Gasteiger partial charge in [-0.15, -0.1) is 11.8 Å². The van der Waals surface area contributed by atoms with Crippen LogP contribution in [0.2, 0.25) is 5.02 Å². The predicted octanol–water partition coefficient (Wildman–Crippen LogP) is 5.59. The lowest BCUT2D eigenvalue weighted by atomic mass is 10.1. The Morgan fingerprint density at radius 3 is 2.50 bits per heavy atom. The van der Waals surface area contributed by atoms with Crippen molar-refractivity contribution >= 4 is 21.6 Å². The standard InChI is InChI=1S/C27H35ClN2O3S/c1-2-3-4-10-21-30(34(31,32)26-16-14-25(28)15-17-26)23-24-12-6-7-13-27(24)33-22-11-20-29-18-8-5-9-19-29/h6-7,12-17H,4-5,8-11,18-23H2,1H3. The molecule has 1 saturated heterocycles. The molecule has 0 atom stereocenters. The monoisotopic (exact) mass is 502 g/mol. The molecule has 1 aliphatic heterocycles. The number of likely N-dealkylation sites (tertiary alicyclic amines) is 1. The van der Waals surface area contributed by atoms with E-state index in [0.717, 1.165) is 24.3 Å². The molecular formula is C27H35ClN2O3S. The zero-order valence-electron chi connectivity index (χ0n) is 20.0. The van der Waals surface area contributed by atoms with E-state index in [2.05, 4.69) is 16.7 Å². The second kappa shape index (κ2) is 13.7. The van der Waals surface area contributed by atoms with Gasteiger partial charge in [-0.3, -0.25) is 0 Å². The number of hydrogen-bond donors (Lipinski definition) is 0. The van der Waals surface area contributed by atoms with Crippen molar-refractivity contribution in [3.8, 4) is 17.6 Å². The summed E-state index contributed by atoms with van der Waals surface area (Å²) < 4.78 is 34.6. The summed E-state index contributed by atoms with van der Waals surface area (Å²) in [6.45, 7) is 6.42.